The van der Waals surface area contributed by atoms with Crippen LogP contribution in [0.2, 0.25) is 0 Å². The van der Waals surface area contributed by atoms with Crippen LogP contribution in [0, 0.1) is 0 Å². The van der Waals surface area contributed by atoms with Crippen LogP contribution in [0.3, 0.4) is 0 Å². The summed E-state index contributed by atoms with van der Waals surface area (Å²) in [4.78, 5) is 22.9. The number of aromatic nitrogens is 2. The van der Waals surface area contributed by atoms with Gasteiger partial charge in [0.2, 0.25) is 0 Å². The lowest BCUT2D eigenvalue weighted by atomic mass is 10.5. The van der Waals surface area contributed by atoms with E-state index in [-0.39, 0.29) is 0 Å². The van der Waals surface area contributed by atoms with Gasteiger partial charge in [0, 0.05) is 31.6 Å². The number of carboxylic acid groups (broad SMARTS) is 2. The molecule has 76 valence electrons. The first-order valence-electron chi connectivity index (χ1n) is 3.58. The fraction of sp³-hybridized carbons (Fsp3) is 0.125. The van der Waals surface area contributed by atoms with Crippen molar-refractivity contribution < 1.29 is 19.8 Å². The number of imidazole rings is 1. The number of carboxylic acids is 2. The normalized spacial score (nSPS) is 9.21. The van der Waals surface area contributed by atoms with Crippen molar-refractivity contribution in [3.63, 3.8) is 0 Å². The molecule has 6 heteroatoms. The second-order valence-electron chi connectivity index (χ2n) is 2.24. The zero-order chi connectivity index (χ0) is 11.0. The Kier molecular flexibility index (Phi) is 5.44. The number of aryl methyl sites for hydroxylation is 1. The van der Waals surface area contributed by atoms with Crippen molar-refractivity contribution >= 4 is 11.9 Å². The molecule has 0 fully saturated rings. The molecule has 0 radical (unpaired) electrons. The van der Waals surface area contributed by atoms with Crippen molar-refractivity contribution in [3.8, 4) is 0 Å². The van der Waals surface area contributed by atoms with Crippen molar-refractivity contribution in [1.82, 2.24) is 9.55 Å². The first kappa shape index (κ1) is 11.9. The minimum Gasteiger partial charge on any atom is -0.478 e. The van der Waals surface area contributed by atoms with Crippen LogP contribution in [0.5, 0.6) is 0 Å². The van der Waals surface area contributed by atoms with Crippen LogP contribution in [-0.2, 0) is 16.6 Å². The summed E-state index contributed by atoms with van der Waals surface area (Å²) in [6.45, 7) is 0. The molecule has 1 aromatic rings. The number of rotatable bonds is 2. The highest BCUT2D eigenvalue weighted by atomic mass is 16.4. The molecule has 0 aromatic carbocycles. The third-order valence-electron chi connectivity index (χ3n) is 1.01. The average Bonchev–Trinajstić information content (AvgIpc) is 2.53. The van der Waals surface area contributed by atoms with E-state index in [0.29, 0.717) is 12.2 Å². The van der Waals surface area contributed by atoms with Gasteiger partial charge in [0.15, 0.2) is 0 Å². The Hall–Kier alpha value is -2.11. The highest BCUT2D eigenvalue weighted by molar-refractivity contribution is 5.89. The van der Waals surface area contributed by atoms with Gasteiger partial charge in [-0.3, -0.25) is 0 Å². The molecule has 14 heavy (non-hydrogen) atoms. The molecule has 1 heterocycles. The van der Waals surface area contributed by atoms with Gasteiger partial charge in [-0.25, -0.2) is 14.6 Å². The summed E-state index contributed by atoms with van der Waals surface area (Å²) < 4.78 is 1.89. The summed E-state index contributed by atoms with van der Waals surface area (Å²) in [5.41, 5.74) is 0. The summed E-state index contributed by atoms with van der Waals surface area (Å²) in [6, 6.07) is 0. The lowest BCUT2D eigenvalue weighted by Crippen LogP contribution is -1.91. The fourth-order valence-electron chi connectivity index (χ4n) is 0.468. The number of hydrogen-bond donors (Lipinski definition) is 2. The van der Waals surface area contributed by atoms with Crippen molar-refractivity contribution in [1.29, 1.82) is 0 Å². The predicted octanol–water partition coefficient (Wildman–Crippen LogP) is 0.132. The molecule has 0 aliphatic rings. The SMILES string of the molecule is Cn1ccnc1.O=C(O)/C=C/C(=O)O. The van der Waals surface area contributed by atoms with Crippen LogP contribution in [0.1, 0.15) is 0 Å². The van der Waals surface area contributed by atoms with E-state index < -0.39 is 11.9 Å². The van der Waals surface area contributed by atoms with E-state index in [0.717, 1.165) is 0 Å². The molecular formula is C8H10N2O4. The van der Waals surface area contributed by atoms with Gasteiger partial charge in [-0.15, -0.1) is 0 Å². The van der Waals surface area contributed by atoms with E-state index in [4.69, 9.17) is 10.2 Å². The summed E-state index contributed by atoms with van der Waals surface area (Å²) in [5, 5.41) is 15.6. The maximum Gasteiger partial charge on any atom is 0.328 e. The molecular weight excluding hydrogens is 188 g/mol. The maximum atomic E-state index is 9.55. The second kappa shape index (κ2) is 6.41. The van der Waals surface area contributed by atoms with Crippen molar-refractivity contribution in [2.75, 3.05) is 0 Å². The van der Waals surface area contributed by atoms with E-state index in [1.165, 1.54) is 0 Å². The molecule has 1 aromatic heterocycles. The number of hydrogen-bond acceptors (Lipinski definition) is 3. The standard InChI is InChI=1S/C4H6N2.C4H4O4/c1-6-3-2-5-4-6;5-3(6)1-2-4(7)8/h2-4H,1H3;1-2H,(H,5,6)(H,7,8)/b;2-1+. The van der Waals surface area contributed by atoms with Gasteiger partial charge in [-0.1, -0.05) is 0 Å². The monoisotopic (exact) mass is 198 g/mol. The van der Waals surface area contributed by atoms with Crippen LogP contribution in [-0.4, -0.2) is 31.7 Å². The zero-order valence-corrected chi connectivity index (χ0v) is 7.49. The molecule has 0 spiro atoms. The molecule has 1 rings (SSSR count). The molecule has 0 unspecified atom stereocenters. The Labute approximate surface area is 80.1 Å². The summed E-state index contributed by atoms with van der Waals surface area (Å²) in [7, 11) is 1.94. The Bertz CT molecular complexity index is 300. The van der Waals surface area contributed by atoms with Crippen LogP contribution < -0.4 is 0 Å². The van der Waals surface area contributed by atoms with Crippen molar-refractivity contribution in [2.45, 2.75) is 0 Å². The molecule has 0 atom stereocenters. The second-order valence-corrected chi connectivity index (χ2v) is 2.24. The summed E-state index contributed by atoms with van der Waals surface area (Å²) >= 11 is 0. The van der Waals surface area contributed by atoms with Gasteiger partial charge < -0.3 is 14.8 Å². The lowest BCUT2D eigenvalue weighted by Gasteiger charge is -1.76. The van der Waals surface area contributed by atoms with Crippen LogP contribution in [0.25, 0.3) is 0 Å². The van der Waals surface area contributed by atoms with E-state index in [2.05, 4.69) is 4.98 Å². The zero-order valence-electron chi connectivity index (χ0n) is 7.49. The Balaban J connectivity index is 0.000000249. The molecule has 0 amide bonds. The van der Waals surface area contributed by atoms with E-state index in [1.54, 1.807) is 12.5 Å². The van der Waals surface area contributed by atoms with Gasteiger partial charge in [-0.05, 0) is 0 Å². The van der Waals surface area contributed by atoms with Gasteiger partial charge >= 0.3 is 11.9 Å². The number of nitrogens with zero attached hydrogens (tertiary/aromatic N) is 2. The van der Waals surface area contributed by atoms with E-state index >= 15 is 0 Å². The predicted molar refractivity (Wildman–Crippen MR) is 47.6 cm³/mol. The Morgan fingerprint density at radius 1 is 1.29 bits per heavy atom. The summed E-state index contributed by atoms with van der Waals surface area (Å²) in [5.74, 6) is -2.51. The first-order valence-corrected chi connectivity index (χ1v) is 3.58. The highest BCUT2D eigenvalue weighted by Crippen LogP contribution is 1.73. The average molecular weight is 198 g/mol. The highest BCUT2D eigenvalue weighted by Gasteiger charge is 1.88. The maximum absolute atomic E-state index is 9.55. The van der Waals surface area contributed by atoms with Crippen LogP contribution >= 0.6 is 0 Å². The van der Waals surface area contributed by atoms with E-state index in [1.807, 2.05) is 17.8 Å². The van der Waals surface area contributed by atoms with Gasteiger partial charge in [0.05, 0.1) is 6.33 Å². The Morgan fingerprint density at radius 2 is 1.79 bits per heavy atom. The summed E-state index contributed by atoms with van der Waals surface area (Å²) in [6.07, 6.45) is 6.50. The third-order valence-corrected chi connectivity index (χ3v) is 1.01. The molecule has 0 aliphatic heterocycles. The molecule has 0 bridgehead atoms. The van der Waals surface area contributed by atoms with Gasteiger partial charge in [-0.2, -0.15) is 0 Å². The van der Waals surface area contributed by atoms with Gasteiger partial charge in [0.25, 0.3) is 0 Å². The largest absolute Gasteiger partial charge is 0.478 e. The fourth-order valence-corrected chi connectivity index (χ4v) is 0.468. The molecule has 0 aliphatic carbocycles. The molecule has 6 nitrogen and oxygen atoms in total. The van der Waals surface area contributed by atoms with Gasteiger partial charge in [0.1, 0.15) is 0 Å². The first-order chi connectivity index (χ1) is 6.52. The topological polar surface area (TPSA) is 92.4 Å². The number of aliphatic carboxylic acids is 2. The van der Waals surface area contributed by atoms with Crippen molar-refractivity contribution in [2.24, 2.45) is 7.05 Å². The number of carbonyl (C=O) groups is 2. The molecule has 0 saturated heterocycles. The minimum absolute atomic E-state index is 0.558. The Morgan fingerprint density at radius 3 is 1.93 bits per heavy atom. The minimum atomic E-state index is -1.26. The van der Waals surface area contributed by atoms with Crippen LogP contribution in [0.4, 0.5) is 0 Å². The molecule has 2 N–H and O–H groups in total. The van der Waals surface area contributed by atoms with E-state index in [9.17, 15) is 9.59 Å². The third kappa shape index (κ3) is 7.99. The lowest BCUT2D eigenvalue weighted by molar-refractivity contribution is -0.134. The van der Waals surface area contributed by atoms with Crippen LogP contribution in [0.15, 0.2) is 30.9 Å². The van der Waals surface area contributed by atoms with Crippen molar-refractivity contribution in [3.05, 3.63) is 30.9 Å². The smallest absolute Gasteiger partial charge is 0.328 e. The molecule has 0 saturated carbocycles. The quantitative estimate of drug-likeness (QED) is 0.659.